The molecule has 150 valence electrons. The van der Waals surface area contributed by atoms with E-state index in [9.17, 15) is 4.79 Å². The molecule has 6 nitrogen and oxygen atoms in total. The van der Waals surface area contributed by atoms with Gasteiger partial charge in [-0.25, -0.2) is 0 Å². The zero-order chi connectivity index (χ0) is 19.5. The van der Waals surface area contributed by atoms with Crippen molar-refractivity contribution in [3.05, 3.63) is 47.0 Å². The molecule has 1 aliphatic heterocycles. The number of likely N-dealkylation sites (tertiary alicyclic amines) is 1. The highest BCUT2D eigenvalue weighted by Crippen LogP contribution is 2.27. The fourth-order valence-corrected chi connectivity index (χ4v) is 4.37. The van der Waals surface area contributed by atoms with E-state index in [1.165, 1.54) is 16.8 Å². The molecule has 0 aromatic carbocycles. The molecule has 2 aromatic rings. The van der Waals surface area contributed by atoms with Gasteiger partial charge in [-0.15, -0.1) is 0 Å². The summed E-state index contributed by atoms with van der Waals surface area (Å²) in [6, 6.07) is 4.44. The van der Waals surface area contributed by atoms with Crippen LogP contribution in [0.5, 0.6) is 0 Å². The average molecular weight is 382 g/mol. The molecule has 2 aliphatic rings. The lowest BCUT2D eigenvalue weighted by atomic mass is 9.90. The Morgan fingerprint density at radius 2 is 2.14 bits per heavy atom. The van der Waals surface area contributed by atoms with Crippen LogP contribution in [0.25, 0.3) is 0 Å². The number of aromatic nitrogens is 3. The Kier molecular flexibility index (Phi) is 5.76. The fraction of sp³-hybridized carbons (Fsp3) is 0.591. The van der Waals surface area contributed by atoms with E-state index in [2.05, 4.69) is 34.9 Å². The predicted octanol–water partition coefficient (Wildman–Crippen LogP) is 2.82. The van der Waals surface area contributed by atoms with Gasteiger partial charge in [0.1, 0.15) is 0 Å². The maximum atomic E-state index is 13.1. The molecule has 1 saturated heterocycles. The van der Waals surface area contributed by atoms with Crippen LogP contribution in [-0.4, -0.2) is 44.7 Å². The van der Waals surface area contributed by atoms with Crippen molar-refractivity contribution in [3.8, 4) is 0 Å². The molecule has 0 saturated carbocycles. The highest BCUT2D eigenvalue weighted by atomic mass is 16.2. The Hall–Kier alpha value is -2.21. The summed E-state index contributed by atoms with van der Waals surface area (Å²) in [6.07, 6.45) is 8.86. The summed E-state index contributed by atoms with van der Waals surface area (Å²) >= 11 is 0. The minimum atomic E-state index is 0.129. The second kappa shape index (κ2) is 8.43. The van der Waals surface area contributed by atoms with Crippen LogP contribution in [-0.2, 0) is 25.9 Å². The van der Waals surface area contributed by atoms with Crippen LogP contribution in [0.1, 0.15) is 60.4 Å². The molecule has 1 atom stereocenters. The molecule has 1 aliphatic carbocycles. The zero-order valence-electron chi connectivity index (χ0n) is 17.0. The molecule has 3 heterocycles. The number of carbonyl (C=O) groups is 1. The summed E-state index contributed by atoms with van der Waals surface area (Å²) in [6.45, 7) is 7.83. The van der Waals surface area contributed by atoms with Gasteiger partial charge in [0, 0.05) is 55.9 Å². The quantitative estimate of drug-likeness (QED) is 0.836. The first-order valence-electron chi connectivity index (χ1n) is 10.6. The second-order valence-corrected chi connectivity index (χ2v) is 8.53. The van der Waals surface area contributed by atoms with E-state index in [0.29, 0.717) is 17.7 Å². The molecular weight excluding hydrogens is 350 g/mol. The molecule has 0 bridgehead atoms. The van der Waals surface area contributed by atoms with E-state index in [1.807, 2.05) is 17.2 Å². The Balaban J connectivity index is 1.53. The van der Waals surface area contributed by atoms with Gasteiger partial charge in [-0.2, -0.15) is 5.10 Å². The van der Waals surface area contributed by atoms with E-state index in [4.69, 9.17) is 5.10 Å². The Morgan fingerprint density at radius 1 is 1.32 bits per heavy atom. The Morgan fingerprint density at radius 3 is 2.86 bits per heavy atom. The molecule has 0 radical (unpaired) electrons. The minimum Gasteiger partial charge on any atom is -0.337 e. The smallest absolute Gasteiger partial charge is 0.274 e. The number of rotatable bonds is 6. The van der Waals surface area contributed by atoms with Crippen LogP contribution in [0, 0.1) is 5.92 Å². The fourth-order valence-electron chi connectivity index (χ4n) is 4.37. The van der Waals surface area contributed by atoms with Gasteiger partial charge in [-0.1, -0.05) is 19.9 Å². The lowest BCUT2D eigenvalue weighted by Gasteiger charge is -2.25. The van der Waals surface area contributed by atoms with Gasteiger partial charge < -0.3 is 10.2 Å². The topological polar surface area (TPSA) is 63.1 Å². The third kappa shape index (κ3) is 4.12. The normalized spacial score (nSPS) is 19.2. The molecular formula is C22H31N5O. The number of carbonyl (C=O) groups excluding carboxylic acids is 1. The molecule has 2 aromatic heterocycles. The van der Waals surface area contributed by atoms with Gasteiger partial charge in [0.25, 0.3) is 5.91 Å². The van der Waals surface area contributed by atoms with Crippen LogP contribution in [0.4, 0.5) is 0 Å². The molecule has 6 heteroatoms. The maximum absolute atomic E-state index is 13.1. The van der Waals surface area contributed by atoms with Crippen LogP contribution in [0.2, 0.25) is 0 Å². The first kappa shape index (κ1) is 19.1. The highest BCUT2D eigenvalue weighted by Gasteiger charge is 2.31. The van der Waals surface area contributed by atoms with Crippen LogP contribution in [0.3, 0.4) is 0 Å². The van der Waals surface area contributed by atoms with Crippen LogP contribution < -0.4 is 5.32 Å². The van der Waals surface area contributed by atoms with Crippen molar-refractivity contribution in [1.29, 1.82) is 0 Å². The number of hydrogen-bond acceptors (Lipinski definition) is 4. The largest absolute Gasteiger partial charge is 0.337 e. The number of fused-ring (bicyclic) bond motifs is 1. The van der Waals surface area contributed by atoms with Gasteiger partial charge in [0.2, 0.25) is 0 Å². The van der Waals surface area contributed by atoms with E-state index in [0.717, 1.165) is 58.3 Å². The minimum absolute atomic E-state index is 0.129. The SMILES string of the molecule is CC(C)Cn1nc(C(=O)N2CCCC2)c2c1CCC(NCc1cccnc1)C2. The van der Waals surface area contributed by atoms with Gasteiger partial charge in [-0.05, 0) is 49.7 Å². The van der Waals surface area contributed by atoms with Gasteiger partial charge in [0.15, 0.2) is 5.69 Å². The summed E-state index contributed by atoms with van der Waals surface area (Å²) in [5, 5.41) is 8.48. The third-order valence-electron chi connectivity index (χ3n) is 5.80. The van der Waals surface area contributed by atoms with Gasteiger partial charge in [0.05, 0.1) is 0 Å². The first-order valence-corrected chi connectivity index (χ1v) is 10.6. The van der Waals surface area contributed by atoms with Crippen molar-refractivity contribution in [3.63, 3.8) is 0 Å². The van der Waals surface area contributed by atoms with E-state index >= 15 is 0 Å². The number of nitrogens with zero attached hydrogens (tertiary/aromatic N) is 4. The number of amides is 1. The molecule has 1 N–H and O–H groups in total. The summed E-state index contributed by atoms with van der Waals surface area (Å²) in [5.41, 5.74) is 4.34. The maximum Gasteiger partial charge on any atom is 0.274 e. The number of pyridine rings is 1. The third-order valence-corrected chi connectivity index (χ3v) is 5.80. The van der Waals surface area contributed by atoms with Crippen molar-refractivity contribution in [2.24, 2.45) is 5.92 Å². The van der Waals surface area contributed by atoms with Crippen molar-refractivity contribution < 1.29 is 4.79 Å². The van der Waals surface area contributed by atoms with Crippen molar-refractivity contribution in [1.82, 2.24) is 25.0 Å². The lowest BCUT2D eigenvalue weighted by molar-refractivity contribution is 0.0784. The van der Waals surface area contributed by atoms with Crippen molar-refractivity contribution in [2.75, 3.05) is 13.1 Å². The summed E-state index contributed by atoms with van der Waals surface area (Å²) < 4.78 is 2.11. The van der Waals surface area contributed by atoms with E-state index < -0.39 is 0 Å². The van der Waals surface area contributed by atoms with Gasteiger partial charge >= 0.3 is 0 Å². The predicted molar refractivity (Wildman–Crippen MR) is 109 cm³/mol. The number of nitrogens with one attached hydrogen (secondary N) is 1. The monoisotopic (exact) mass is 381 g/mol. The molecule has 1 amide bonds. The first-order chi connectivity index (χ1) is 13.6. The summed E-state index contributed by atoms with van der Waals surface area (Å²) in [7, 11) is 0. The highest BCUT2D eigenvalue weighted by molar-refractivity contribution is 5.94. The second-order valence-electron chi connectivity index (χ2n) is 8.53. The summed E-state index contributed by atoms with van der Waals surface area (Å²) in [4.78, 5) is 19.3. The average Bonchev–Trinajstić information content (AvgIpc) is 3.35. The van der Waals surface area contributed by atoms with Gasteiger partial charge in [-0.3, -0.25) is 14.5 Å². The molecule has 4 rings (SSSR count). The Bertz CT molecular complexity index is 808. The lowest BCUT2D eigenvalue weighted by Crippen LogP contribution is -2.35. The Labute approximate surface area is 167 Å². The molecule has 0 spiro atoms. The molecule has 1 fully saturated rings. The van der Waals surface area contributed by atoms with Crippen LogP contribution >= 0.6 is 0 Å². The summed E-state index contributed by atoms with van der Waals surface area (Å²) in [5.74, 6) is 0.643. The van der Waals surface area contributed by atoms with Crippen LogP contribution in [0.15, 0.2) is 24.5 Å². The standard InChI is InChI=1S/C22H31N5O/c1-16(2)15-27-20-8-7-18(24-14-17-6-5-9-23-13-17)12-19(20)21(25-27)22(28)26-10-3-4-11-26/h5-6,9,13,16,18,24H,3-4,7-8,10-12,14-15H2,1-2H3. The van der Waals surface area contributed by atoms with E-state index in [1.54, 1.807) is 6.20 Å². The van der Waals surface area contributed by atoms with Crippen molar-refractivity contribution in [2.45, 2.75) is 65.1 Å². The molecule has 28 heavy (non-hydrogen) atoms. The number of hydrogen-bond donors (Lipinski definition) is 1. The molecule has 1 unspecified atom stereocenters. The zero-order valence-corrected chi connectivity index (χ0v) is 17.0. The van der Waals surface area contributed by atoms with Crippen molar-refractivity contribution >= 4 is 5.91 Å². The van der Waals surface area contributed by atoms with E-state index in [-0.39, 0.29) is 5.91 Å².